The molecular formula is C13H17BrN2O. The van der Waals surface area contributed by atoms with Crippen molar-refractivity contribution in [1.29, 1.82) is 0 Å². The third-order valence-corrected chi connectivity index (χ3v) is 4.04. The molecule has 1 aliphatic carbocycles. The standard InChI is InChI=1S/C13H17BrN2O/c1-15-13(17)8-16-10-6-9(7-10)11-4-2-3-5-12(11)14/h2-5,9-10,16H,6-8H2,1H3,(H,15,17). The highest BCUT2D eigenvalue weighted by Crippen LogP contribution is 2.39. The number of likely N-dealkylation sites (N-methyl/N-ethyl adjacent to an activating group) is 1. The quantitative estimate of drug-likeness (QED) is 0.893. The van der Waals surface area contributed by atoms with E-state index in [0.29, 0.717) is 18.5 Å². The lowest BCUT2D eigenvalue weighted by atomic mass is 9.76. The van der Waals surface area contributed by atoms with E-state index in [1.165, 1.54) is 10.0 Å². The summed E-state index contributed by atoms with van der Waals surface area (Å²) in [5.74, 6) is 0.669. The van der Waals surface area contributed by atoms with Gasteiger partial charge in [-0.2, -0.15) is 0 Å². The Labute approximate surface area is 110 Å². The second-order valence-electron chi connectivity index (χ2n) is 4.44. The maximum absolute atomic E-state index is 11.1. The lowest BCUT2D eigenvalue weighted by molar-refractivity contribution is -0.120. The van der Waals surface area contributed by atoms with Gasteiger partial charge < -0.3 is 10.6 Å². The van der Waals surface area contributed by atoms with Crippen LogP contribution in [-0.4, -0.2) is 25.5 Å². The monoisotopic (exact) mass is 296 g/mol. The predicted molar refractivity (Wildman–Crippen MR) is 72.0 cm³/mol. The van der Waals surface area contributed by atoms with Crippen LogP contribution >= 0.6 is 15.9 Å². The van der Waals surface area contributed by atoms with Gasteiger partial charge in [0.15, 0.2) is 0 Å². The van der Waals surface area contributed by atoms with Gasteiger partial charge in [0.2, 0.25) is 5.91 Å². The second-order valence-corrected chi connectivity index (χ2v) is 5.30. The van der Waals surface area contributed by atoms with Crippen molar-refractivity contribution >= 4 is 21.8 Å². The van der Waals surface area contributed by atoms with Crippen LogP contribution in [0.2, 0.25) is 0 Å². The van der Waals surface area contributed by atoms with E-state index in [1.54, 1.807) is 7.05 Å². The summed E-state index contributed by atoms with van der Waals surface area (Å²) in [6, 6.07) is 8.84. The van der Waals surface area contributed by atoms with E-state index >= 15 is 0 Å². The van der Waals surface area contributed by atoms with Gasteiger partial charge in [-0.25, -0.2) is 0 Å². The molecule has 0 atom stereocenters. The molecule has 0 aromatic heterocycles. The Morgan fingerprint density at radius 2 is 2.12 bits per heavy atom. The third-order valence-electron chi connectivity index (χ3n) is 3.31. The molecule has 3 nitrogen and oxygen atoms in total. The molecule has 0 unspecified atom stereocenters. The van der Waals surface area contributed by atoms with Crippen LogP contribution in [-0.2, 0) is 4.79 Å². The van der Waals surface area contributed by atoms with Crippen LogP contribution in [0.25, 0.3) is 0 Å². The molecule has 92 valence electrons. The lowest BCUT2D eigenvalue weighted by Crippen LogP contribution is -2.44. The van der Waals surface area contributed by atoms with Gasteiger partial charge in [0.05, 0.1) is 6.54 Å². The van der Waals surface area contributed by atoms with E-state index in [2.05, 4.69) is 44.8 Å². The summed E-state index contributed by atoms with van der Waals surface area (Å²) in [6.07, 6.45) is 2.22. The molecule has 17 heavy (non-hydrogen) atoms. The normalized spacial score (nSPS) is 22.9. The number of carbonyl (C=O) groups is 1. The maximum Gasteiger partial charge on any atom is 0.233 e. The fourth-order valence-electron chi connectivity index (χ4n) is 2.17. The first-order valence-electron chi connectivity index (χ1n) is 5.89. The average Bonchev–Trinajstić information content (AvgIpc) is 2.28. The summed E-state index contributed by atoms with van der Waals surface area (Å²) in [5.41, 5.74) is 1.38. The minimum atomic E-state index is 0.0503. The first kappa shape index (κ1) is 12.6. The van der Waals surface area contributed by atoms with Gasteiger partial charge in [-0.15, -0.1) is 0 Å². The van der Waals surface area contributed by atoms with E-state index in [1.807, 2.05) is 6.07 Å². The molecule has 1 aliphatic rings. The fraction of sp³-hybridized carbons (Fsp3) is 0.462. The number of amides is 1. The van der Waals surface area contributed by atoms with E-state index in [-0.39, 0.29) is 5.91 Å². The Hall–Kier alpha value is -0.870. The van der Waals surface area contributed by atoms with Gasteiger partial charge in [0.25, 0.3) is 0 Å². The number of hydrogen-bond donors (Lipinski definition) is 2. The summed E-state index contributed by atoms with van der Waals surface area (Å²) < 4.78 is 1.19. The highest BCUT2D eigenvalue weighted by molar-refractivity contribution is 9.10. The van der Waals surface area contributed by atoms with Gasteiger partial charge in [-0.1, -0.05) is 34.1 Å². The molecule has 0 bridgehead atoms. The van der Waals surface area contributed by atoms with E-state index in [9.17, 15) is 4.79 Å². The number of hydrogen-bond acceptors (Lipinski definition) is 2. The smallest absolute Gasteiger partial charge is 0.233 e. The molecule has 0 saturated heterocycles. The number of nitrogens with one attached hydrogen (secondary N) is 2. The van der Waals surface area contributed by atoms with Crippen LogP contribution in [0.5, 0.6) is 0 Å². The Morgan fingerprint density at radius 3 is 2.76 bits per heavy atom. The molecular weight excluding hydrogens is 280 g/mol. The zero-order valence-corrected chi connectivity index (χ0v) is 11.5. The topological polar surface area (TPSA) is 41.1 Å². The first-order chi connectivity index (χ1) is 8.20. The minimum absolute atomic E-state index is 0.0503. The van der Waals surface area contributed by atoms with Crippen molar-refractivity contribution in [3.05, 3.63) is 34.3 Å². The zero-order chi connectivity index (χ0) is 12.3. The van der Waals surface area contributed by atoms with Crippen molar-refractivity contribution in [3.63, 3.8) is 0 Å². The molecule has 0 aliphatic heterocycles. The van der Waals surface area contributed by atoms with E-state index in [4.69, 9.17) is 0 Å². The van der Waals surface area contributed by atoms with E-state index in [0.717, 1.165) is 12.8 Å². The van der Waals surface area contributed by atoms with Crippen molar-refractivity contribution in [2.45, 2.75) is 24.8 Å². The molecule has 0 spiro atoms. The van der Waals surface area contributed by atoms with Crippen molar-refractivity contribution in [3.8, 4) is 0 Å². The van der Waals surface area contributed by atoms with Crippen LogP contribution in [0.15, 0.2) is 28.7 Å². The molecule has 0 heterocycles. The first-order valence-corrected chi connectivity index (χ1v) is 6.68. The zero-order valence-electron chi connectivity index (χ0n) is 9.87. The molecule has 1 fully saturated rings. The number of rotatable bonds is 4. The minimum Gasteiger partial charge on any atom is -0.358 e. The van der Waals surface area contributed by atoms with Crippen molar-refractivity contribution < 1.29 is 4.79 Å². The highest BCUT2D eigenvalue weighted by atomic mass is 79.9. The molecule has 1 saturated carbocycles. The van der Waals surface area contributed by atoms with Crippen LogP contribution < -0.4 is 10.6 Å². The molecule has 1 amide bonds. The maximum atomic E-state index is 11.1. The lowest BCUT2D eigenvalue weighted by Gasteiger charge is -2.36. The third kappa shape index (κ3) is 3.07. The largest absolute Gasteiger partial charge is 0.358 e. The summed E-state index contributed by atoms with van der Waals surface area (Å²) >= 11 is 3.58. The SMILES string of the molecule is CNC(=O)CNC1CC(c2ccccc2Br)C1. The second kappa shape index (κ2) is 5.65. The van der Waals surface area contributed by atoms with Crippen LogP contribution in [0.3, 0.4) is 0 Å². The summed E-state index contributed by atoms with van der Waals surface area (Å²) in [5, 5.41) is 5.87. The molecule has 2 N–H and O–H groups in total. The van der Waals surface area contributed by atoms with Crippen molar-refractivity contribution in [2.75, 3.05) is 13.6 Å². The van der Waals surface area contributed by atoms with Crippen LogP contribution in [0, 0.1) is 0 Å². The molecule has 0 radical (unpaired) electrons. The summed E-state index contributed by atoms with van der Waals surface area (Å²) in [4.78, 5) is 11.1. The van der Waals surface area contributed by atoms with Crippen molar-refractivity contribution in [2.24, 2.45) is 0 Å². The van der Waals surface area contributed by atoms with Crippen LogP contribution in [0.4, 0.5) is 0 Å². The number of benzene rings is 1. The summed E-state index contributed by atoms with van der Waals surface area (Å²) in [7, 11) is 1.66. The van der Waals surface area contributed by atoms with Gasteiger partial charge in [0.1, 0.15) is 0 Å². The number of carbonyl (C=O) groups excluding carboxylic acids is 1. The number of halogens is 1. The van der Waals surface area contributed by atoms with Gasteiger partial charge in [-0.3, -0.25) is 4.79 Å². The molecule has 1 aromatic carbocycles. The van der Waals surface area contributed by atoms with Gasteiger partial charge >= 0.3 is 0 Å². The predicted octanol–water partition coefficient (Wildman–Crippen LogP) is 2.03. The molecule has 4 heteroatoms. The van der Waals surface area contributed by atoms with Gasteiger partial charge in [-0.05, 0) is 30.4 Å². The fourth-order valence-corrected chi connectivity index (χ4v) is 2.78. The molecule has 1 aromatic rings. The van der Waals surface area contributed by atoms with Crippen LogP contribution in [0.1, 0.15) is 24.3 Å². The van der Waals surface area contributed by atoms with E-state index < -0.39 is 0 Å². The Morgan fingerprint density at radius 1 is 1.41 bits per heavy atom. The Bertz CT molecular complexity index is 402. The average molecular weight is 297 g/mol. The van der Waals surface area contributed by atoms with Gasteiger partial charge in [0, 0.05) is 17.6 Å². The Kier molecular flexibility index (Phi) is 4.18. The molecule has 2 rings (SSSR count). The van der Waals surface area contributed by atoms with Crippen molar-refractivity contribution in [1.82, 2.24) is 10.6 Å². The summed E-state index contributed by atoms with van der Waals surface area (Å²) in [6.45, 7) is 0.420. The Balaban J connectivity index is 1.79. The highest BCUT2D eigenvalue weighted by Gasteiger charge is 2.31.